The fourth-order valence-corrected chi connectivity index (χ4v) is 3.24. The molecule has 0 aliphatic rings. The zero-order valence-electron chi connectivity index (χ0n) is 16.2. The van der Waals surface area contributed by atoms with Gasteiger partial charge in [-0.1, -0.05) is 36.0 Å². The summed E-state index contributed by atoms with van der Waals surface area (Å²) >= 11 is 1.11. The smallest absolute Gasteiger partial charge is 0.277 e. The molecule has 3 aromatic rings. The number of nitrogens with zero attached hydrogens (tertiary/aromatic N) is 3. The van der Waals surface area contributed by atoms with Crippen LogP contribution in [0.1, 0.15) is 29.7 Å². The van der Waals surface area contributed by atoms with Crippen molar-refractivity contribution in [3.8, 4) is 11.5 Å². The first-order valence-electron chi connectivity index (χ1n) is 8.91. The molecule has 0 aliphatic carbocycles. The quantitative estimate of drug-likeness (QED) is 0.351. The molecule has 0 saturated heterocycles. The molecule has 1 N–H and O–H groups in total. The molecular formula is C20H20N4O4S. The van der Waals surface area contributed by atoms with Gasteiger partial charge in [-0.15, -0.1) is 10.2 Å². The number of non-ortho nitro benzene ring substituents is 1. The molecule has 0 saturated carbocycles. The Bertz CT molecular complexity index is 1050. The van der Waals surface area contributed by atoms with Crippen LogP contribution >= 0.6 is 11.8 Å². The molecule has 1 amide bonds. The van der Waals surface area contributed by atoms with Gasteiger partial charge in [0.15, 0.2) is 0 Å². The Morgan fingerprint density at radius 3 is 2.72 bits per heavy atom. The molecule has 29 heavy (non-hydrogen) atoms. The number of benzene rings is 2. The SMILES string of the molecule is Cc1ccc([C@@H](C)NC(=O)CSc2nnc(-c3cccc([N+](=O)[O-])c3)o2)cc1C. The van der Waals surface area contributed by atoms with Crippen LogP contribution in [0.5, 0.6) is 0 Å². The largest absolute Gasteiger partial charge is 0.411 e. The van der Waals surface area contributed by atoms with E-state index < -0.39 is 4.92 Å². The number of hydrogen-bond acceptors (Lipinski definition) is 7. The molecule has 0 bridgehead atoms. The normalized spacial score (nSPS) is 11.8. The summed E-state index contributed by atoms with van der Waals surface area (Å²) < 4.78 is 5.51. The number of hydrogen-bond donors (Lipinski definition) is 1. The lowest BCUT2D eigenvalue weighted by molar-refractivity contribution is -0.384. The molecule has 0 unspecified atom stereocenters. The van der Waals surface area contributed by atoms with Crippen LogP contribution in [-0.4, -0.2) is 26.8 Å². The van der Waals surface area contributed by atoms with Gasteiger partial charge in [0.2, 0.25) is 11.8 Å². The summed E-state index contributed by atoms with van der Waals surface area (Å²) in [6.45, 7) is 6.02. The monoisotopic (exact) mass is 412 g/mol. The highest BCUT2D eigenvalue weighted by Gasteiger charge is 2.15. The summed E-state index contributed by atoms with van der Waals surface area (Å²) in [5, 5.41) is 21.8. The third kappa shape index (κ3) is 5.20. The van der Waals surface area contributed by atoms with Crippen molar-refractivity contribution in [1.29, 1.82) is 0 Å². The summed E-state index contributed by atoms with van der Waals surface area (Å²) in [7, 11) is 0. The number of aryl methyl sites for hydroxylation is 2. The van der Waals surface area contributed by atoms with Crippen LogP contribution < -0.4 is 5.32 Å². The number of carbonyl (C=O) groups excluding carboxylic acids is 1. The highest BCUT2D eigenvalue weighted by molar-refractivity contribution is 7.99. The topological polar surface area (TPSA) is 111 Å². The molecule has 3 rings (SSSR count). The highest BCUT2D eigenvalue weighted by Crippen LogP contribution is 2.26. The third-order valence-corrected chi connectivity index (χ3v) is 5.26. The zero-order chi connectivity index (χ0) is 21.0. The van der Waals surface area contributed by atoms with Crippen LogP contribution in [-0.2, 0) is 4.79 Å². The summed E-state index contributed by atoms with van der Waals surface area (Å²) in [4.78, 5) is 22.6. The maximum Gasteiger partial charge on any atom is 0.277 e. The molecule has 0 spiro atoms. The molecule has 0 aliphatic heterocycles. The second kappa shape index (κ2) is 8.87. The summed E-state index contributed by atoms with van der Waals surface area (Å²) in [5.41, 5.74) is 3.81. The van der Waals surface area contributed by atoms with E-state index in [1.807, 2.05) is 32.9 Å². The predicted molar refractivity (Wildman–Crippen MR) is 110 cm³/mol. The van der Waals surface area contributed by atoms with Crippen LogP contribution in [0.25, 0.3) is 11.5 Å². The van der Waals surface area contributed by atoms with Crippen LogP contribution in [0.15, 0.2) is 52.1 Å². The number of amides is 1. The first kappa shape index (κ1) is 20.5. The molecule has 0 fully saturated rings. The molecular weight excluding hydrogens is 392 g/mol. The average Bonchev–Trinajstić information content (AvgIpc) is 3.17. The van der Waals surface area contributed by atoms with E-state index in [0.717, 1.165) is 17.3 Å². The number of carbonyl (C=O) groups is 1. The van der Waals surface area contributed by atoms with Gasteiger partial charge >= 0.3 is 0 Å². The second-order valence-electron chi connectivity index (χ2n) is 6.60. The van der Waals surface area contributed by atoms with Gasteiger partial charge in [-0.05, 0) is 43.5 Å². The lowest BCUT2D eigenvalue weighted by Gasteiger charge is -2.15. The second-order valence-corrected chi connectivity index (χ2v) is 7.53. The van der Waals surface area contributed by atoms with Gasteiger partial charge in [0.1, 0.15) is 0 Å². The minimum atomic E-state index is -0.490. The number of thioether (sulfide) groups is 1. The lowest BCUT2D eigenvalue weighted by atomic mass is 10.0. The van der Waals surface area contributed by atoms with E-state index >= 15 is 0 Å². The number of nitrogens with one attached hydrogen (secondary N) is 1. The first-order valence-corrected chi connectivity index (χ1v) is 9.89. The summed E-state index contributed by atoms with van der Waals surface area (Å²) in [6.07, 6.45) is 0. The third-order valence-electron chi connectivity index (χ3n) is 4.45. The number of rotatable bonds is 7. The standard InChI is InChI=1S/C20H20N4O4S/c1-12-7-8-15(9-13(12)2)14(3)21-18(25)11-29-20-23-22-19(28-20)16-5-4-6-17(10-16)24(26)27/h4-10,14H,11H2,1-3H3,(H,21,25)/t14-/m1/s1. The van der Waals surface area contributed by atoms with Crippen LogP contribution in [0, 0.1) is 24.0 Å². The van der Waals surface area contributed by atoms with Crippen LogP contribution in [0.2, 0.25) is 0 Å². The Hall–Kier alpha value is -3.20. The van der Waals surface area contributed by atoms with Gasteiger partial charge in [0.25, 0.3) is 10.9 Å². The van der Waals surface area contributed by atoms with Crippen molar-refractivity contribution in [2.45, 2.75) is 32.0 Å². The Labute approximate surface area is 171 Å². The van der Waals surface area contributed by atoms with Crippen LogP contribution in [0.3, 0.4) is 0 Å². The van der Waals surface area contributed by atoms with Crippen molar-refractivity contribution in [2.75, 3.05) is 5.75 Å². The van der Waals surface area contributed by atoms with Gasteiger partial charge in [-0.2, -0.15) is 0 Å². The van der Waals surface area contributed by atoms with E-state index in [9.17, 15) is 14.9 Å². The maximum absolute atomic E-state index is 12.3. The van der Waals surface area contributed by atoms with Crippen LogP contribution in [0.4, 0.5) is 5.69 Å². The zero-order valence-corrected chi connectivity index (χ0v) is 17.0. The van der Waals surface area contributed by atoms with E-state index in [2.05, 4.69) is 21.6 Å². The summed E-state index contributed by atoms with van der Waals surface area (Å²) in [5.74, 6) is 0.127. The maximum atomic E-state index is 12.3. The number of aromatic nitrogens is 2. The molecule has 2 aromatic carbocycles. The van der Waals surface area contributed by atoms with Gasteiger partial charge < -0.3 is 9.73 Å². The molecule has 0 radical (unpaired) electrons. The molecule has 8 nitrogen and oxygen atoms in total. The average molecular weight is 412 g/mol. The Morgan fingerprint density at radius 1 is 1.21 bits per heavy atom. The molecule has 1 atom stereocenters. The van der Waals surface area contributed by atoms with E-state index in [0.29, 0.717) is 5.56 Å². The highest BCUT2D eigenvalue weighted by atomic mass is 32.2. The van der Waals surface area contributed by atoms with Gasteiger partial charge in [-0.3, -0.25) is 14.9 Å². The van der Waals surface area contributed by atoms with E-state index in [1.54, 1.807) is 12.1 Å². The Morgan fingerprint density at radius 2 is 2.00 bits per heavy atom. The Kier molecular flexibility index (Phi) is 6.28. The van der Waals surface area contributed by atoms with E-state index in [-0.39, 0.29) is 34.5 Å². The number of nitro groups is 1. The van der Waals surface area contributed by atoms with Crippen molar-refractivity contribution in [3.63, 3.8) is 0 Å². The first-order chi connectivity index (χ1) is 13.8. The van der Waals surface area contributed by atoms with Crippen molar-refractivity contribution in [1.82, 2.24) is 15.5 Å². The number of nitro benzene ring substituents is 1. The minimum Gasteiger partial charge on any atom is -0.411 e. The van der Waals surface area contributed by atoms with Gasteiger partial charge in [0, 0.05) is 17.7 Å². The lowest BCUT2D eigenvalue weighted by Crippen LogP contribution is -2.28. The van der Waals surface area contributed by atoms with Gasteiger partial charge in [-0.25, -0.2) is 0 Å². The molecule has 1 heterocycles. The van der Waals surface area contributed by atoms with Crippen molar-refractivity contribution in [2.24, 2.45) is 0 Å². The van der Waals surface area contributed by atoms with Crippen molar-refractivity contribution in [3.05, 3.63) is 69.3 Å². The molecule has 150 valence electrons. The molecule has 9 heteroatoms. The van der Waals surface area contributed by atoms with Gasteiger partial charge in [0.05, 0.1) is 16.7 Å². The van der Waals surface area contributed by atoms with Crippen molar-refractivity contribution >= 4 is 23.4 Å². The van der Waals surface area contributed by atoms with E-state index in [4.69, 9.17) is 4.42 Å². The fraction of sp³-hybridized carbons (Fsp3) is 0.250. The summed E-state index contributed by atoms with van der Waals surface area (Å²) in [6, 6.07) is 11.9. The minimum absolute atomic E-state index is 0.0605. The Balaban J connectivity index is 1.57. The fourth-order valence-electron chi connectivity index (χ4n) is 2.66. The molecule has 1 aromatic heterocycles. The van der Waals surface area contributed by atoms with E-state index in [1.165, 1.54) is 23.3 Å². The van der Waals surface area contributed by atoms with Crippen molar-refractivity contribution < 1.29 is 14.1 Å². The predicted octanol–water partition coefficient (Wildman–Crippen LogP) is 4.23.